The summed E-state index contributed by atoms with van der Waals surface area (Å²) in [6, 6.07) is 3.79. The number of rotatable bonds is 9. The van der Waals surface area contributed by atoms with Crippen LogP contribution in [0, 0.1) is 0 Å². The number of nitrogens with one attached hydrogen (secondary N) is 3. The van der Waals surface area contributed by atoms with Crippen LogP contribution in [0.25, 0.3) is 0 Å². The van der Waals surface area contributed by atoms with Crippen molar-refractivity contribution in [3.63, 3.8) is 0 Å². The largest absolute Gasteiger partial charge is 0.313 e. The van der Waals surface area contributed by atoms with Crippen LogP contribution in [-0.4, -0.2) is 32.5 Å². The van der Waals surface area contributed by atoms with E-state index in [-0.39, 0.29) is 6.04 Å². The Morgan fingerprint density at radius 1 is 1.32 bits per heavy atom. The van der Waals surface area contributed by atoms with E-state index < -0.39 is 10.2 Å². The van der Waals surface area contributed by atoms with Gasteiger partial charge in [-0.3, -0.25) is 4.98 Å². The molecule has 0 aliphatic rings. The fourth-order valence-electron chi connectivity index (χ4n) is 1.51. The van der Waals surface area contributed by atoms with E-state index in [1.165, 1.54) is 0 Å². The van der Waals surface area contributed by atoms with Gasteiger partial charge in [0.15, 0.2) is 0 Å². The molecule has 0 saturated heterocycles. The maximum absolute atomic E-state index is 11.4. The van der Waals surface area contributed by atoms with Gasteiger partial charge in [0.2, 0.25) is 0 Å². The third-order valence-corrected chi connectivity index (χ3v) is 3.63. The predicted molar refractivity (Wildman–Crippen MR) is 75.8 cm³/mol. The van der Waals surface area contributed by atoms with E-state index in [2.05, 4.69) is 19.7 Å². The van der Waals surface area contributed by atoms with Crippen molar-refractivity contribution < 1.29 is 8.42 Å². The van der Waals surface area contributed by atoms with Crippen LogP contribution in [0.3, 0.4) is 0 Å². The van der Waals surface area contributed by atoms with E-state index in [4.69, 9.17) is 0 Å². The van der Waals surface area contributed by atoms with Crippen LogP contribution >= 0.6 is 0 Å². The second-order valence-corrected chi connectivity index (χ2v) is 6.09. The average molecular weight is 286 g/mol. The van der Waals surface area contributed by atoms with E-state index in [9.17, 15) is 8.42 Å². The number of aromatic nitrogens is 1. The minimum Gasteiger partial charge on any atom is -0.313 e. The molecule has 1 aromatic rings. The molecule has 108 valence electrons. The van der Waals surface area contributed by atoms with Gasteiger partial charge in [0.05, 0.1) is 0 Å². The molecule has 0 aliphatic carbocycles. The van der Waals surface area contributed by atoms with E-state index in [0.29, 0.717) is 6.54 Å². The molecule has 0 unspecified atom stereocenters. The van der Waals surface area contributed by atoms with Crippen LogP contribution in [-0.2, 0) is 16.8 Å². The zero-order valence-electron chi connectivity index (χ0n) is 11.4. The number of hydrogen-bond acceptors (Lipinski definition) is 4. The van der Waals surface area contributed by atoms with E-state index in [1.807, 2.05) is 18.3 Å². The topological polar surface area (TPSA) is 83.1 Å². The summed E-state index contributed by atoms with van der Waals surface area (Å²) >= 11 is 0. The van der Waals surface area contributed by atoms with Gasteiger partial charge < -0.3 is 5.32 Å². The highest BCUT2D eigenvalue weighted by Gasteiger charge is 2.09. The second-order valence-electron chi connectivity index (χ2n) is 4.56. The van der Waals surface area contributed by atoms with Crippen LogP contribution in [0.5, 0.6) is 0 Å². The Bertz CT molecular complexity index is 448. The zero-order chi connectivity index (χ0) is 14.1. The molecule has 0 amide bonds. The summed E-state index contributed by atoms with van der Waals surface area (Å²) in [7, 11) is -3.36. The maximum Gasteiger partial charge on any atom is 0.277 e. The lowest BCUT2D eigenvalue weighted by Crippen LogP contribution is -2.41. The highest BCUT2D eigenvalue weighted by Crippen LogP contribution is 1.94. The van der Waals surface area contributed by atoms with Crippen LogP contribution in [0.15, 0.2) is 24.5 Å². The Morgan fingerprint density at radius 3 is 2.74 bits per heavy atom. The van der Waals surface area contributed by atoms with Crippen molar-refractivity contribution in [2.45, 2.75) is 32.9 Å². The molecule has 0 bridgehead atoms. The molecule has 0 spiro atoms. The lowest BCUT2D eigenvalue weighted by molar-refractivity contribution is 0.549. The normalized spacial score (nSPS) is 11.9. The molecule has 0 aromatic carbocycles. The minimum absolute atomic E-state index is 0.0961. The molecule has 3 N–H and O–H groups in total. The minimum atomic E-state index is -3.36. The summed E-state index contributed by atoms with van der Waals surface area (Å²) in [5, 5.41) is 3.23. The molecule has 0 atom stereocenters. The smallest absolute Gasteiger partial charge is 0.277 e. The molecule has 19 heavy (non-hydrogen) atoms. The van der Waals surface area contributed by atoms with Gasteiger partial charge in [-0.05, 0) is 38.4 Å². The first-order valence-corrected chi connectivity index (χ1v) is 7.84. The lowest BCUT2D eigenvalue weighted by Gasteiger charge is -2.10. The molecule has 0 aliphatic heterocycles. The first-order chi connectivity index (χ1) is 8.99. The molecule has 1 heterocycles. The van der Waals surface area contributed by atoms with E-state index in [1.54, 1.807) is 20.0 Å². The summed E-state index contributed by atoms with van der Waals surface area (Å²) in [5.41, 5.74) is 1.12. The van der Waals surface area contributed by atoms with Crippen molar-refractivity contribution in [1.82, 2.24) is 19.7 Å². The van der Waals surface area contributed by atoms with Crippen LogP contribution in [0.1, 0.15) is 25.8 Å². The standard InChI is InChI=1S/C12H22N4O2S/c1-11(2)16-19(17,18)15-8-4-7-14-10-12-5-3-6-13-9-12/h3,5-6,9,11,14-16H,4,7-8,10H2,1-2H3. The Hall–Kier alpha value is -1.02. The first kappa shape index (κ1) is 16.0. The van der Waals surface area contributed by atoms with Crippen molar-refractivity contribution in [2.75, 3.05) is 13.1 Å². The summed E-state index contributed by atoms with van der Waals surface area (Å²) < 4.78 is 27.9. The average Bonchev–Trinajstić information content (AvgIpc) is 2.33. The SMILES string of the molecule is CC(C)NS(=O)(=O)NCCCNCc1cccnc1. The van der Waals surface area contributed by atoms with Gasteiger partial charge in [-0.1, -0.05) is 6.07 Å². The fourth-order valence-corrected chi connectivity index (χ4v) is 2.62. The highest BCUT2D eigenvalue weighted by molar-refractivity contribution is 7.87. The molecule has 0 saturated carbocycles. The Kier molecular flexibility index (Phi) is 6.93. The molecule has 0 radical (unpaired) electrons. The predicted octanol–water partition coefficient (Wildman–Crippen LogP) is 0.394. The van der Waals surface area contributed by atoms with Crippen molar-refractivity contribution in [3.05, 3.63) is 30.1 Å². The quantitative estimate of drug-likeness (QED) is 0.574. The van der Waals surface area contributed by atoms with E-state index in [0.717, 1.165) is 25.1 Å². The van der Waals surface area contributed by atoms with Gasteiger partial charge in [-0.15, -0.1) is 0 Å². The summed E-state index contributed by atoms with van der Waals surface area (Å²) in [6.07, 6.45) is 4.28. The van der Waals surface area contributed by atoms with Crippen molar-refractivity contribution in [3.8, 4) is 0 Å². The lowest BCUT2D eigenvalue weighted by atomic mass is 10.3. The van der Waals surface area contributed by atoms with E-state index >= 15 is 0 Å². The van der Waals surface area contributed by atoms with Gasteiger partial charge >= 0.3 is 0 Å². The third-order valence-electron chi connectivity index (χ3n) is 2.27. The van der Waals surface area contributed by atoms with Crippen molar-refractivity contribution >= 4 is 10.2 Å². The third kappa shape index (κ3) is 7.89. The summed E-state index contributed by atoms with van der Waals surface area (Å²) in [6.45, 7) is 5.48. The molecule has 6 nitrogen and oxygen atoms in total. The maximum atomic E-state index is 11.4. The molecular formula is C12H22N4O2S. The number of hydrogen-bond donors (Lipinski definition) is 3. The van der Waals surface area contributed by atoms with Crippen LogP contribution in [0.2, 0.25) is 0 Å². The first-order valence-electron chi connectivity index (χ1n) is 6.36. The summed E-state index contributed by atoms with van der Waals surface area (Å²) in [5.74, 6) is 0. The van der Waals surface area contributed by atoms with Crippen molar-refractivity contribution in [2.24, 2.45) is 0 Å². The summed E-state index contributed by atoms with van der Waals surface area (Å²) in [4.78, 5) is 4.02. The Labute approximate surface area is 115 Å². The van der Waals surface area contributed by atoms with Gasteiger partial charge in [0.1, 0.15) is 0 Å². The highest BCUT2D eigenvalue weighted by atomic mass is 32.2. The molecule has 1 aromatic heterocycles. The van der Waals surface area contributed by atoms with Gasteiger partial charge in [0, 0.05) is 31.5 Å². The van der Waals surface area contributed by atoms with Crippen LogP contribution < -0.4 is 14.8 Å². The van der Waals surface area contributed by atoms with Gasteiger partial charge in [0.25, 0.3) is 10.2 Å². The molecular weight excluding hydrogens is 264 g/mol. The molecule has 1 rings (SSSR count). The fraction of sp³-hybridized carbons (Fsp3) is 0.583. The van der Waals surface area contributed by atoms with Gasteiger partial charge in [-0.2, -0.15) is 13.1 Å². The van der Waals surface area contributed by atoms with Crippen LogP contribution in [0.4, 0.5) is 0 Å². The van der Waals surface area contributed by atoms with Gasteiger partial charge in [-0.25, -0.2) is 4.72 Å². The number of pyridine rings is 1. The zero-order valence-corrected chi connectivity index (χ0v) is 12.2. The number of nitrogens with zero attached hydrogens (tertiary/aromatic N) is 1. The van der Waals surface area contributed by atoms with Crippen molar-refractivity contribution in [1.29, 1.82) is 0 Å². The Balaban J connectivity index is 2.09. The molecule has 0 fully saturated rings. The monoisotopic (exact) mass is 286 g/mol. The Morgan fingerprint density at radius 2 is 2.11 bits per heavy atom. The second kappa shape index (κ2) is 8.21. The molecule has 7 heteroatoms.